The van der Waals surface area contributed by atoms with Gasteiger partial charge in [0.2, 0.25) is 17.7 Å². The molecule has 2 N–H and O–H groups in total. The van der Waals surface area contributed by atoms with E-state index in [2.05, 4.69) is 10.6 Å². The van der Waals surface area contributed by atoms with Crippen molar-refractivity contribution in [1.29, 1.82) is 0 Å². The third-order valence-corrected chi connectivity index (χ3v) is 4.57. The fourth-order valence-electron chi connectivity index (χ4n) is 3.22. The predicted molar refractivity (Wildman–Crippen MR) is 87.6 cm³/mol. The molecule has 0 radical (unpaired) electrons. The molecule has 2 heterocycles. The first-order valence-electron chi connectivity index (χ1n) is 8.66. The van der Waals surface area contributed by atoms with E-state index < -0.39 is 11.5 Å². The van der Waals surface area contributed by atoms with E-state index in [1.807, 2.05) is 20.8 Å². The largest absolute Gasteiger partial charge is 0.354 e. The van der Waals surface area contributed by atoms with Gasteiger partial charge in [0.15, 0.2) is 0 Å². The van der Waals surface area contributed by atoms with Crippen molar-refractivity contribution in [2.45, 2.75) is 58.9 Å². The van der Waals surface area contributed by atoms with Gasteiger partial charge in [-0.05, 0) is 32.1 Å². The lowest BCUT2D eigenvalue weighted by molar-refractivity contribution is -0.143. The zero-order valence-corrected chi connectivity index (χ0v) is 14.5. The molecular weight excluding hydrogens is 294 g/mol. The molecule has 2 fully saturated rings. The molecule has 0 spiro atoms. The first-order chi connectivity index (χ1) is 10.8. The number of nitrogens with one attached hydrogen (secondary N) is 2. The highest BCUT2D eigenvalue weighted by Gasteiger charge is 2.34. The van der Waals surface area contributed by atoms with Crippen LogP contribution in [0.5, 0.6) is 0 Å². The van der Waals surface area contributed by atoms with Crippen molar-refractivity contribution < 1.29 is 14.4 Å². The van der Waals surface area contributed by atoms with E-state index >= 15 is 0 Å². The maximum Gasteiger partial charge on any atom is 0.242 e. The van der Waals surface area contributed by atoms with E-state index in [1.54, 1.807) is 4.90 Å². The van der Waals surface area contributed by atoms with Crippen LogP contribution >= 0.6 is 0 Å². The summed E-state index contributed by atoms with van der Waals surface area (Å²) in [5.41, 5.74) is -0.431. The Bertz CT molecular complexity index is 470. The van der Waals surface area contributed by atoms with Gasteiger partial charge in [0.1, 0.15) is 6.04 Å². The van der Waals surface area contributed by atoms with Gasteiger partial charge in [-0.2, -0.15) is 0 Å². The maximum absolute atomic E-state index is 12.5. The second kappa shape index (κ2) is 7.32. The Morgan fingerprint density at radius 2 is 1.91 bits per heavy atom. The Labute approximate surface area is 138 Å². The quantitative estimate of drug-likeness (QED) is 0.797. The van der Waals surface area contributed by atoms with Crippen LogP contribution in [0.3, 0.4) is 0 Å². The van der Waals surface area contributed by atoms with Crippen molar-refractivity contribution in [3.8, 4) is 0 Å². The smallest absolute Gasteiger partial charge is 0.242 e. The lowest BCUT2D eigenvalue weighted by atomic mass is 9.90. The molecule has 0 saturated carbocycles. The number of amides is 3. The molecule has 0 aliphatic carbocycles. The third kappa shape index (κ3) is 4.69. The fourth-order valence-corrected chi connectivity index (χ4v) is 3.22. The van der Waals surface area contributed by atoms with Gasteiger partial charge in [-0.1, -0.05) is 20.8 Å². The van der Waals surface area contributed by atoms with Crippen LogP contribution in [0, 0.1) is 11.3 Å². The van der Waals surface area contributed by atoms with Crippen LogP contribution in [-0.2, 0) is 14.4 Å². The Kier molecular flexibility index (Phi) is 5.65. The highest BCUT2D eigenvalue weighted by Crippen LogP contribution is 2.23. The van der Waals surface area contributed by atoms with E-state index in [1.165, 1.54) is 0 Å². The Morgan fingerprint density at radius 3 is 2.61 bits per heavy atom. The molecule has 23 heavy (non-hydrogen) atoms. The minimum atomic E-state index is -0.432. The van der Waals surface area contributed by atoms with Crippen LogP contribution in [0.25, 0.3) is 0 Å². The molecule has 2 aliphatic heterocycles. The Morgan fingerprint density at radius 1 is 1.17 bits per heavy atom. The van der Waals surface area contributed by atoms with Crippen molar-refractivity contribution >= 4 is 17.7 Å². The van der Waals surface area contributed by atoms with Gasteiger partial charge >= 0.3 is 0 Å². The number of hydrogen-bond donors (Lipinski definition) is 2. The molecule has 2 rings (SSSR count). The number of piperidine rings is 1. The number of rotatable bonds is 2. The normalized spacial score (nSPS) is 26.2. The average Bonchev–Trinajstić information content (AvgIpc) is 2.70. The van der Waals surface area contributed by atoms with Gasteiger partial charge in [0.25, 0.3) is 0 Å². The molecule has 6 nitrogen and oxygen atoms in total. The number of hydrogen-bond acceptors (Lipinski definition) is 3. The molecule has 2 unspecified atom stereocenters. The molecule has 2 atom stereocenters. The number of nitrogens with zero attached hydrogens (tertiary/aromatic N) is 1. The average molecular weight is 323 g/mol. The summed E-state index contributed by atoms with van der Waals surface area (Å²) in [5.74, 6) is -0.318. The SMILES string of the molecule is CC(C)(C)C(=O)N1CCCC(C(=O)NC2CCCCNC2=O)C1. The van der Waals surface area contributed by atoms with Crippen molar-refractivity contribution in [3.63, 3.8) is 0 Å². The lowest BCUT2D eigenvalue weighted by Crippen LogP contribution is -2.52. The third-order valence-electron chi connectivity index (χ3n) is 4.57. The minimum Gasteiger partial charge on any atom is -0.354 e. The number of likely N-dealkylation sites (tertiary alicyclic amines) is 1. The van der Waals surface area contributed by atoms with E-state index in [4.69, 9.17) is 0 Å². The highest BCUT2D eigenvalue weighted by molar-refractivity contribution is 5.89. The zero-order chi connectivity index (χ0) is 17.0. The summed E-state index contributed by atoms with van der Waals surface area (Å²) in [6.45, 7) is 7.54. The molecular formula is C17H29N3O3. The molecule has 6 heteroatoms. The molecule has 0 aromatic carbocycles. The first-order valence-corrected chi connectivity index (χ1v) is 8.66. The van der Waals surface area contributed by atoms with Gasteiger partial charge in [0.05, 0.1) is 5.92 Å². The summed E-state index contributed by atoms with van der Waals surface area (Å²) in [5, 5.41) is 5.72. The summed E-state index contributed by atoms with van der Waals surface area (Å²) >= 11 is 0. The van der Waals surface area contributed by atoms with E-state index in [0.717, 1.165) is 25.7 Å². The molecule has 130 valence electrons. The summed E-state index contributed by atoms with van der Waals surface area (Å²) in [7, 11) is 0. The zero-order valence-electron chi connectivity index (χ0n) is 14.5. The lowest BCUT2D eigenvalue weighted by Gasteiger charge is -2.36. The van der Waals surface area contributed by atoms with Gasteiger partial charge in [-0.15, -0.1) is 0 Å². The summed E-state index contributed by atoms with van der Waals surface area (Å²) in [6.07, 6.45) is 4.18. The summed E-state index contributed by atoms with van der Waals surface area (Å²) in [6, 6.07) is -0.432. The predicted octanol–water partition coefficient (Wildman–Crippen LogP) is 1.06. The highest BCUT2D eigenvalue weighted by atomic mass is 16.2. The van der Waals surface area contributed by atoms with Gasteiger partial charge < -0.3 is 15.5 Å². The second-order valence-electron chi connectivity index (χ2n) is 7.69. The van der Waals surface area contributed by atoms with Crippen LogP contribution in [-0.4, -0.2) is 48.3 Å². The molecule has 3 amide bonds. The van der Waals surface area contributed by atoms with Crippen LogP contribution in [0.1, 0.15) is 52.9 Å². The molecule has 0 aromatic rings. The van der Waals surface area contributed by atoms with Crippen molar-refractivity contribution in [2.75, 3.05) is 19.6 Å². The van der Waals surface area contributed by atoms with Gasteiger partial charge in [-0.3, -0.25) is 14.4 Å². The fraction of sp³-hybridized carbons (Fsp3) is 0.824. The Hall–Kier alpha value is -1.59. The van der Waals surface area contributed by atoms with Crippen LogP contribution in [0.15, 0.2) is 0 Å². The second-order valence-corrected chi connectivity index (χ2v) is 7.69. The first kappa shape index (κ1) is 17.8. The number of carbonyl (C=O) groups is 3. The molecule has 0 aromatic heterocycles. The molecule has 0 bridgehead atoms. The van der Waals surface area contributed by atoms with Gasteiger partial charge in [-0.25, -0.2) is 0 Å². The van der Waals surface area contributed by atoms with E-state index in [0.29, 0.717) is 26.1 Å². The summed E-state index contributed by atoms with van der Waals surface area (Å²) in [4.78, 5) is 38.7. The summed E-state index contributed by atoms with van der Waals surface area (Å²) < 4.78 is 0. The standard InChI is InChI=1S/C17H29N3O3/c1-17(2,3)16(23)20-10-6-7-12(11-20)14(21)19-13-8-4-5-9-18-15(13)22/h12-13H,4-11H2,1-3H3,(H,18,22)(H,19,21). The monoisotopic (exact) mass is 323 g/mol. The van der Waals surface area contributed by atoms with Crippen LogP contribution in [0.4, 0.5) is 0 Å². The van der Waals surface area contributed by atoms with Crippen LogP contribution < -0.4 is 10.6 Å². The van der Waals surface area contributed by atoms with Gasteiger partial charge in [0, 0.05) is 25.0 Å². The molecule has 2 saturated heterocycles. The van der Waals surface area contributed by atoms with Crippen LogP contribution in [0.2, 0.25) is 0 Å². The van der Waals surface area contributed by atoms with Crippen molar-refractivity contribution in [2.24, 2.45) is 11.3 Å². The Balaban J connectivity index is 1.94. The topological polar surface area (TPSA) is 78.5 Å². The maximum atomic E-state index is 12.5. The number of carbonyl (C=O) groups excluding carboxylic acids is 3. The van der Waals surface area contributed by atoms with E-state index in [-0.39, 0.29) is 23.6 Å². The van der Waals surface area contributed by atoms with Crippen molar-refractivity contribution in [3.05, 3.63) is 0 Å². The minimum absolute atomic E-state index is 0.0854. The van der Waals surface area contributed by atoms with E-state index in [9.17, 15) is 14.4 Å². The van der Waals surface area contributed by atoms with Crippen molar-refractivity contribution in [1.82, 2.24) is 15.5 Å². The molecule has 2 aliphatic rings.